The van der Waals surface area contributed by atoms with E-state index in [9.17, 15) is 4.39 Å². The largest absolute Gasteiger partial charge is 0.482 e. The molecule has 1 aromatic carbocycles. The van der Waals surface area contributed by atoms with Crippen LogP contribution in [0, 0.1) is 5.82 Å². The molecule has 0 bridgehead atoms. The van der Waals surface area contributed by atoms with E-state index < -0.39 is 0 Å². The number of allylic oxidation sites excluding steroid dienone is 3. The third-order valence-corrected chi connectivity index (χ3v) is 4.07. The second-order valence-corrected chi connectivity index (χ2v) is 5.90. The van der Waals surface area contributed by atoms with Crippen LogP contribution in [0.5, 0.6) is 5.75 Å². The van der Waals surface area contributed by atoms with Gasteiger partial charge in [0, 0.05) is 17.2 Å². The highest BCUT2D eigenvalue weighted by Crippen LogP contribution is 2.37. The van der Waals surface area contributed by atoms with Gasteiger partial charge in [-0.3, -0.25) is 0 Å². The van der Waals surface area contributed by atoms with Crippen molar-refractivity contribution < 1.29 is 9.13 Å². The lowest BCUT2D eigenvalue weighted by atomic mass is 10.1. The fourth-order valence-corrected chi connectivity index (χ4v) is 2.56. The summed E-state index contributed by atoms with van der Waals surface area (Å²) < 4.78 is 20.7. The molecule has 0 aromatic heterocycles. The first-order valence-corrected chi connectivity index (χ1v) is 8.16. The van der Waals surface area contributed by atoms with Gasteiger partial charge in [0.05, 0.1) is 11.3 Å². The van der Waals surface area contributed by atoms with Crippen molar-refractivity contribution in [1.29, 1.82) is 0 Å². The Bertz CT molecular complexity index is 598. The Morgan fingerprint density at radius 3 is 2.85 bits per heavy atom. The molecule has 106 valence electrons. The molecule has 0 amide bonds. The summed E-state index contributed by atoms with van der Waals surface area (Å²) in [6, 6.07) is 4.87. The first kappa shape index (κ1) is 15.2. The molecule has 1 heterocycles. The van der Waals surface area contributed by atoms with Gasteiger partial charge in [0.25, 0.3) is 0 Å². The molecule has 0 spiro atoms. The Morgan fingerprint density at radius 1 is 1.40 bits per heavy atom. The average Bonchev–Trinajstić information content (AvgIpc) is 2.44. The summed E-state index contributed by atoms with van der Waals surface area (Å²) in [5.74, 6) is 0.714. The quantitative estimate of drug-likeness (QED) is 0.732. The molecule has 0 saturated carbocycles. The molecule has 1 aromatic rings. The minimum absolute atomic E-state index is 0.305. The molecule has 0 saturated heterocycles. The van der Waals surface area contributed by atoms with Crippen LogP contribution in [0.2, 0.25) is 0 Å². The molecule has 0 N–H and O–H groups in total. The number of rotatable bonds is 4. The van der Waals surface area contributed by atoms with E-state index in [0.29, 0.717) is 17.3 Å². The van der Waals surface area contributed by atoms with Crippen molar-refractivity contribution in [1.82, 2.24) is 4.90 Å². The Kier molecular flexibility index (Phi) is 4.94. The number of halogens is 2. The van der Waals surface area contributed by atoms with Crippen LogP contribution >= 0.6 is 27.7 Å². The van der Waals surface area contributed by atoms with Crippen LogP contribution in [-0.2, 0) is 0 Å². The van der Waals surface area contributed by atoms with E-state index in [1.54, 1.807) is 23.9 Å². The summed E-state index contributed by atoms with van der Waals surface area (Å²) in [7, 11) is 1.85. The number of hydrogen-bond donors (Lipinski definition) is 0. The Balaban J connectivity index is 2.49. The van der Waals surface area contributed by atoms with E-state index in [1.165, 1.54) is 6.07 Å². The zero-order valence-corrected chi connectivity index (χ0v) is 13.7. The Hall–Kier alpha value is -1.20. The predicted molar refractivity (Wildman–Crippen MR) is 87.3 cm³/mol. The van der Waals surface area contributed by atoms with Crippen molar-refractivity contribution in [3.63, 3.8) is 0 Å². The molecule has 0 fully saturated rings. The molecule has 1 aliphatic rings. The van der Waals surface area contributed by atoms with Gasteiger partial charge in [0.1, 0.15) is 17.5 Å². The molecular weight excluding hydrogens is 341 g/mol. The summed E-state index contributed by atoms with van der Waals surface area (Å²) >= 11 is 4.96. The van der Waals surface area contributed by atoms with Crippen LogP contribution in [0.15, 0.2) is 47.1 Å². The second-order valence-electron chi connectivity index (χ2n) is 4.24. The van der Waals surface area contributed by atoms with Gasteiger partial charge in [0.15, 0.2) is 0 Å². The van der Waals surface area contributed by atoms with Gasteiger partial charge in [0.2, 0.25) is 0 Å². The molecule has 20 heavy (non-hydrogen) atoms. The van der Waals surface area contributed by atoms with Crippen LogP contribution in [0.3, 0.4) is 0 Å². The third kappa shape index (κ3) is 2.94. The van der Waals surface area contributed by atoms with E-state index >= 15 is 0 Å². The summed E-state index contributed by atoms with van der Waals surface area (Å²) in [4.78, 5) is 1.84. The molecular formula is C15H15BrFNOS. The maximum Gasteiger partial charge on any atom is 0.136 e. The lowest BCUT2D eigenvalue weighted by Crippen LogP contribution is -2.19. The fourth-order valence-electron chi connectivity index (χ4n) is 1.91. The minimum Gasteiger partial charge on any atom is -0.482 e. The highest BCUT2D eigenvalue weighted by atomic mass is 79.9. The second kappa shape index (κ2) is 6.50. The lowest BCUT2D eigenvalue weighted by Gasteiger charge is -2.28. The number of nitrogens with zero attached hydrogens (tertiary/aromatic N) is 1. The molecule has 0 radical (unpaired) electrons. The Morgan fingerprint density at radius 2 is 2.15 bits per heavy atom. The van der Waals surface area contributed by atoms with Gasteiger partial charge >= 0.3 is 0 Å². The number of ether oxygens (including phenoxy) is 1. The minimum atomic E-state index is -0.305. The zero-order valence-electron chi connectivity index (χ0n) is 11.3. The SMILES string of the molecule is C=C1C(Br)=CC=C(c2c(F)cccc2OCSC)N1C. The van der Waals surface area contributed by atoms with Gasteiger partial charge in [-0.15, -0.1) is 11.8 Å². The topological polar surface area (TPSA) is 12.5 Å². The maximum absolute atomic E-state index is 14.2. The first-order chi connectivity index (χ1) is 9.56. The van der Waals surface area contributed by atoms with Crippen molar-refractivity contribution in [2.45, 2.75) is 0 Å². The normalized spacial score (nSPS) is 15.0. The highest BCUT2D eigenvalue weighted by molar-refractivity contribution is 9.12. The van der Waals surface area contributed by atoms with Crippen molar-refractivity contribution >= 4 is 33.4 Å². The van der Waals surface area contributed by atoms with Crippen LogP contribution in [-0.4, -0.2) is 24.1 Å². The smallest absolute Gasteiger partial charge is 0.136 e. The lowest BCUT2D eigenvalue weighted by molar-refractivity contribution is 0.387. The van der Waals surface area contributed by atoms with Crippen LogP contribution in [0.25, 0.3) is 5.70 Å². The number of benzene rings is 1. The van der Waals surface area contributed by atoms with Crippen LogP contribution in [0.1, 0.15) is 5.56 Å². The summed E-state index contributed by atoms with van der Waals surface area (Å²) in [6.07, 6.45) is 5.65. The average molecular weight is 356 g/mol. The number of likely N-dealkylation sites (N-methyl/N-ethyl adjacent to an activating group) is 1. The molecule has 1 aliphatic heterocycles. The molecule has 0 aliphatic carbocycles. The van der Waals surface area contributed by atoms with E-state index in [-0.39, 0.29) is 5.82 Å². The number of hydrogen-bond acceptors (Lipinski definition) is 3. The molecule has 2 rings (SSSR count). The molecule has 5 heteroatoms. The van der Waals surface area contributed by atoms with Gasteiger partial charge in [-0.1, -0.05) is 12.6 Å². The van der Waals surface area contributed by atoms with Crippen molar-refractivity contribution in [2.75, 3.05) is 19.2 Å². The molecule has 2 nitrogen and oxygen atoms in total. The van der Waals surface area contributed by atoms with E-state index in [2.05, 4.69) is 22.5 Å². The molecule has 0 unspecified atom stereocenters. The fraction of sp³-hybridized carbons (Fsp3) is 0.200. The van der Waals surface area contributed by atoms with Crippen molar-refractivity contribution in [3.8, 4) is 5.75 Å². The van der Waals surface area contributed by atoms with Gasteiger partial charge in [-0.05, 0) is 46.5 Å². The summed E-state index contributed by atoms with van der Waals surface area (Å²) in [5.41, 5.74) is 1.97. The third-order valence-electron chi connectivity index (χ3n) is 2.99. The van der Waals surface area contributed by atoms with E-state index in [1.807, 2.05) is 30.4 Å². The first-order valence-electron chi connectivity index (χ1n) is 5.97. The number of thioether (sulfide) groups is 1. The van der Waals surface area contributed by atoms with Crippen LogP contribution < -0.4 is 4.74 Å². The van der Waals surface area contributed by atoms with Gasteiger partial charge < -0.3 is 9.64 Å². The van der Waals surface area contributed by atoms with Crippen molar-refractivity contribution in [2.24, 2.45) is 0 Å². The standard InChI is InChI=1S/C15H15BrFNOS/c1-10-11(16)7-8-13(18(10)2)15-12(17)5-4-6-14(15)19-9-20-3/h4-8H,1,9H2,2-3H3. The summed E-state index contributed by atoms with van der Waals surface area (Å²) in [6.45, 7) is 3.98. The summed E-state index contributed by atoms with van der Waals surface area (Å²) in [5, 5.41) is 0. The van der Waals surface area contributed by atoms with Gasteiger partial charge in [-0.2, -0.15) is 0 Å². The predicted octanol–water partition coefficient (Wildman–Crippen LogP) is 4.60. The molecule has 0 atom stereocenters. The van der Waals surface area contributed by atoms with Crippen LogP contribution in [0.4, 0.5) is 4.39 Å². The van der Waals surface area contributed by atoms with Gasteiger partial charge in [-0.25, -0.2) is 4.39 Å². The zero-order chi connectivity index (χ0) is 14.7. The van der Waals surface area contributed by atoms with E-state index in [4.69, 9.17) is 4.74 Å². The highest BCUT2D eigenvalue weighted by Gasteiger charge is 2.22. The monoisotopic (exact) mass is 355 g/mol. The Labute approximate surface area is 131 Å². The van der Waals surface area contributed by atoms with E-state index in [0.717, 1.165) is 15.9 Å². The van der Waals surface area contributed by atoms with Crippen molar-refractivity contribution in [3.05, 3.63) is 58.5 Å². The maximum atomic E-state index is 14.2.